The maximum atomic E-state index is 11.9. The van der Waals surface area contributed by atoms with Crippen LogP contribution in [0.1, 0.15) is 22.5 Å². The summed E-state index contributed by atoms with van der Waals surface area (Å²) in [7, 11) is 1.90. The Labute approximate surface area is 104 Å². The van der Waals surface area contributed by atoms with Crippen molar-refractivity contribution in [1.82, 2.24) is 4.57 Å². The molecule has 0 aliphatic carbocycles. The van der Waals surface area contributed by atoms with Crippen LogP contribution in [-0.4, -0.2) is 10.4 Å². The Morgan fingerprint density at radius 2 is 2.24 bits per heavy atom. The van der Waals surface area contributed by atoms with Gasteiger partial charge in [-0.2, -0.15) is 5.26 Å². The third kappa shape index (κ3) is 1.81. The third-order valence-corrected chi connectivity index (χ3v) is 3.21. The molecule has 86 valence electrons. The van der Waals surface area contributed by atoms with Crippen LogP contribution in [0.5, 0.6) is 0 Å². The molecule has 0 radical (unpaired) electrons. The summed E-state index contributed by atoms with van der Waals surface area (Å²) in [5.41, 5.74) is 2.42. The number of Topliss-reactive ketones (excluding diaryl/α,β-unsaturated/α-hetero) is 1. The maximum absolute atomic E-state index is 11.9. The minimum Gasteiger partial charge on any atom is -0.347 e. The summed E-state index contributed by atoms with van der Waals surface area (Å²) in [5, 5.41) is 10.0. The molecule has 2 aromatic rings. The van der Waals surface area contributed by atoms with E-state index in [1.807, 2.05) is 30.7 Å². The van der Waals surface area contributed by atoms with Gasteiger partial charge in [0.05, 0.1) is 12.5 Å². The molecule has 0 fully saturated rings. The molecule has 17 heavy (non-hydrogen) atoms. The molecule has 1 aromatic heterocycles. The molecular weight excluding hydrogens is 236 g/mol. The van der Waals surface area contributed by atoms with Gasteiger partial charge < -0.3 is 4.57 Å². The molecular formula is C13H11ClN2O. The highest BCUT2D eigenvalue weighted by Gasteiger charge is 2.18. The van der Waals surface area contributed by atoms with Crippen molar-refractivity contribution in [3.63, 3.8) is 0 Å². The Bertz CT molecular complexity index is 649. The molecule has 0 saturated carbocycles. The van der Waals surface area contributed by atoms with Crippen LogP contribution in [0.4, 0.5) is 0 Å². The van der Waals surface area contributed by atoms with E-state index < -0.39 is 0 Å². The molecule has 0 unspecified atom stereocenters. The summed E-state index contributed by atoms with van der Waals surface area (Å²) in [6, 6.07) is 7.34. The minimum atomic E-state index is -0.155. The van der Waals surface area contributed by atoms with Crippen LogP contribution < -0.4 is 0 Å². The Balaban J connectivity index is 2.78. The second kappa shape index (κ2) is 4.23. The molecule has 0 saturated heterocycles. The summed E-state index contributed by atoms with van der Waals surface area (Å²) in [4.78, 5) is 11.9. The average molecular weight is 247 g/mol. The zero-order chi connectivity index (χ0) is 12.6. The number of hydrogen-bond donors (Lipinski definition) is 0. The largest absolute Gasteiger partial charge is 0.347 e. The fourth-order valence-electron chi connectivity index (χ4n) is 2.06. The van der Waals surface area contributed by atoms with Crippen LogP contribution in [0.3, 0.4) is 0 Å². The number of halogens is 1. The lowest BCUT2D eigenvalue weighted by Gasteiger charge is -1.98. The van der Waals surface area contributed by atoms with Gasteiger partial charge in [-0.15, -0.1) is 0 Å². The predicted octanol–water partition coefficient (Wildman–Crippen LogP) is 3.24. The molecule has 0 amide bonds. The zero-order valence-corrected chi connectivity index (χ0v) is 10.4. The molecule has 2 rings (SSSR count). The minimum absolute atomic E-state index is 0.105. The van der Waals surface area contributed by atoms with Gasteiger partial charge in [-0.25, -0.2) is 0 Å². The smallest absolute Gasteiger partial charge is 0.179 e. The van der Waals surface area contributed by atoms with Crippen LogP contribution in [-0.2, 0) is 7.05 Å². The predicted molar refractivity (Wildman–Crippen MR) is 67.2 cm³/mol. The van der Waals surface area contributed by atoms with E-state index in [-0.39, 0.29) is 12.2 Å². The first-order chi connectivity index (χ1) is 8.06. The van der Waals surface area contributed by atoms with Gasteiger partial charge in [-0.3, -0.25) is 4.79 Å². The van der Waals surface area contributed by atoms with E-state index in [0.29, 0.717) is 10.6 Å². The van der Waals surface area contributed by atoms with E-state index >= 15 is 0 Å². The molecule has 1 heterocycles. The second-order valence-electron chi connectivity index (χ2n) is 3.94. The van der Waals surface area contributed by atoms with Gasteiger partial charge in [-0.05, 0) is 25.1 Å². The number of benzene rings is 1. The number of nitrogens with zero attached hydrogens (tertiary/aromatic N) is 2. The standard InChI is InChI=1S/C13H11ClN2O/c1-8-13(12(17)5-6-15)10-7-9(14)3-4-11(10)16(8)2/h3-4,7H,5H2,1-2H3. The topological polar surface area (TPSA) is 45.8 Å². The highest BCUT2D eigenvalue weighted by atomic mass is 35.5. The van der Waals surface area contributed by atoms with Crippen LogP contribution in [0.25, 0.3) is 10.9 Å². The summed E-state index contributed by atoms with van der Waals surface area (Å²) in [6.45, 7) is 1.87. The number of carbonyl (C=O) groups excluding carboxylic acids is 1. The van der Waals surface area contributed by atoms with Gasteiger partial charge >= 0.3 is 0 Å². The number of ketones is 1. The Morgan fingerprint density at radius 1 is 1.53 bits per heavy atom. The van der Waals surface area contributed by atoms with Crippen LogP contribution in [0.15, 0.2) is 18.2 Å². The van der Waals surface area contributed by atoms with Crippen LogP contribution in [0, 0.1) is 18.3 Å². The van der Waals surface area contributed by atoms with Gasteiger partial charge in [-0.1, -0.05) is 11.6 Å². The quantitative estimate of drug-likeness (QED) is 0.764. The van der Waals surface area contributed by atoms with Crippen molar-refractivity contribution in [2.24, 2.45) is 7.05 Å². The summed E-state index contributed by atoms with van der Waals surface area (Å²) in [5.74, 6) is -0.155. The van der Waals surface area contributed by atoms with Crippen LogP contribution in [0.2, 0.25) is 5.02 Å². The lowest BCUT2D eigenvalue weighted by molar-refractivity contribution is 0.0998. The van der Waals surface area contributed by atoms with Gasteiger partial charge in [0.2, 0.25) is 0 Å². The van der Waals surface area contributed by atoms with E-state index in [1.165, 1.54) is 0 Å². The number of hydrogen-bond acceptors (Lipinski definition) is 2. The molecule has 3 nitrogen and oxygen atoms in total. The first-order valence-electron chi connectivity index (χ1n) is 5.21. The summed E-state index contributed by atoms with van der Waals surface area (Å²) in [6.07, 6.45) is -0.105. The molecule has 0 spiro atoms. The van der Waals surface area contributed by atoms with Gasteiger partial charge in [0.1, 0.15) is 0 Å². The molecule has 0 aliphatic heterocycles. The lowest BCUT2D eigenvalue weighted by Crippen LogP contribution is -2.00. The SMILES string of the molecule is Cc1c(C(=O)CC#N)c2cc(Cl)ccc2n1C. The van der Waals surface area contributed by atoms with E-state index in [9.17, 15) is 4.79 Å². The number of aryl methyl sites for hydroxylation is 1. The molecule has 4 heteroatoms. The monoisotopic (exact) mass is 246 g/mol. The van der Waals surface area contributed by atoms with Crippen LogP contribution >= 0.6 is 11.6 Å². The van der Waals surface area contributed by atoms with E-state index in [4.69, 9.17) is 16.9 Å². The van der Waals surface area contributed by atoms with Crippen molar-refractivity contribution in [3.8, 4) is 6.07 Å². The number of rotatable bonds is 2. The molecule has 0 aliphatic rings. The second-order valence-corrected chi connectivity index (χ2v) is 4.38. The first-order valence-corrected chi connectivity index (χ1v) is 5.58. The van der Waals surface area contributed by atoms with Gasteiger partial charge in [0, 0.05) is 34.2 Å². The fraction of sp³-hybridized carbons (Fsp3) is 0.231. The van der Waals surface area contributed by atoms with Crippen molar-refractivity contribution >= 4 is 28.3 Å². The fourth-order valence-corrected chi connectivity index (χ4v) is 2.23. The van der Waals surface area contributed by atoms with Crippen molar-refractivity contribution < 1.29 is 4.79 Å². The van der Waals surface area contributed by atoms with E-state index in [1.54, 1.807) is 12.1 Å². The highest BCUT2D eigenvalue weighted by molar-refractivity contribution is 6.31. The first kappa shape index (κ1) is 11.7. The normalized spacial score (nSPS) is 10.5. The number of nitriles is 1. The third-order valence-electron chi connectivity index (χ3n) is 2.97. The molecule has 0 atom stereocenters. The Morgan fingerprint density at radius 3 is 2.88 bits per heavy atom. The summed E-state index contributed by atoms with van der Waals surface area (Å²) >= 11 is 5.95. The van der Waals surface area contributed by atoms with Gasteiger partial charge in [0.25, 0.3) is 0 Å². The van der Waals surface area contributed by atoms with E-state index in [0.717, 1.165) is 16.6 Å². The highest BCUT2D eigenvalue weighted by Crippen LogP contribution is 2.28. The number of carbonyl (C=O) groups is 1. The van der Waals surface area contributed by atoms with Gasteiger partial charge in [0.15, 0.2) is 5.78 Å². The summed E-state index contributed by atoms with van der Waals surface area (Å²) < 4.78 is 1.94. The number of fused-ring (bicyclic) bond motifs is 1. The zero-order valence-electron chi connectivity index (χ0n) is 9.62. The Hall–Kier alpha value is -1.79. The van der Waals surface area contributed by atoms with Crippen molar-refractivity contribution in [3.05, 3.63) is 34.5 Å². The maximum Gasteiger partial charge on any atom is 0.179 e. The average Bonchev–Trinajstić information content (AvgIpc) is 2.51. The number of aromatic nitrogens is 1. The molecule has 0 bridgehead atoms. The van der Waals surface area contributed by atoms with Crippen molar-refractivity contribution in [2.75, 3.05) is 0 Å². The van der Waals surface area contributed by atoms with Crippen molar-refractivity contribution in [2.45, 2.75) is 13.3 Å². The Kier molecular flexibility index (Phi) is 2.91. The van der Waals surface area contributed by atoms with E-state index in [2.05, 4.69) is 0 Å². The lowest BCUT2D eigenvalue weighted by atomic mass is 10.1. The molecule has 1 aromatic carbocycles. The van der Waals surface area contributed by atoms with Crippen molar-refractivity contribution in [1.29, 1.82) is 5.26 Å². The molecule has 0 N–H and O–H groups in total.